The monoisotopic (exact) mass is 218 g/mol. The molecule has 0 radical (unpaired) electrons. The molecule has 3 rings (SSSR count). The Morgan fingerprint density at radius 2 is 2.13 bits per heavy atom. The van der Waals surface area contributed by atoms with Crippen LogP contribution in [0.1, 0.15) is 24.0 Å². The predicted octanol–water partition coefficient (Wildman–Crippen LogP) is 2.28. The molecule has 1 aromatic rings. The molecule has 15 heavy (non-hydrogen) atoms. The van der Waals surface area contributed by atoms with Crippen molar-refractivity contribution in [1.29, 1.82) is 0 Å². The highest BCUT2D eigenvalue weighted by atomic mass is 32.2. The Bertz CT molecular complexity index is 427. The molecule has 0 fully saturated rings. The minimum Gasteiger partial charge on any atom is -0.379 e. The van der Waals surface area contributed by atoms with Crippen molar-refractivity contribution >= 4 is 16.9 Å². The maximum Gasteiger partial charge on any atom is 0.154 e. The molecular weight excluding hydrogens is 204 g/mol. The Kier molecular flexibility index (Phi) is 2.02. The number of thioether (sulfide) groups is 1. The number of amidine groups is 1. The fourth-order valence-corrected chi connectivity index (χ4v) is 3.56. The molecule has 0 amide bonds. The Labute approximate surface area is 94.0 Å². The average Bonchev–Trinajstić information content (AvgIpc) is 2.59. The number of aliphatic imine (C=N–C) groups is 1. The first-order valence-corrected chi connectivity index (χ1v) is 6.35. The van der Waals surface area contributed by atoms with Gasteiger partial charge in [0.25, 0.3) is 0 Å². The van der Waals surface area contributed by atoms with Crippen LogP contribution in [-0.2, 0) is 12.0 Å². The van der Waals surface area contributed by atoms with Crippen LogP contribution < -0.4 is 5.73 Å². The van der Waals surface area contributed by atoms with E-state index in [1.54, 1.807) is 11.8 Å². The molecule has 1 unspecified atom stereocenters. The van der Waals surface area contributed by atoms with Gasteiger partial charge in [-0.05, 0) is 30.4 Å². The average molecular weight is 218 g/mol. The van der Waals surface area contributed by atoms with Crippen molar-refractivity contribution in [3.63, 3.8) is 0 Å². The molecule has 1 aliphatic heterocycles. The van der Waals surface area contributed by atoms with Crippen molar-refractivity contribution in [2.75, 3.05) is 5.75 Å². The smallest absolute Gasteiger partial charge is 0.154 e. The van der Waals surface area contributed by atoms with Crippen LogP contribution in [0.25, 0.3) is 0 Å². The van der Waals surface area contributed by atoms with Crippen molar-refractivity contribution in [3.05, 3.63) is 35.4 Å². The van der Waals surface area contributed by atoms with Gasteiger partial charge in [-0.15, -0.1) is 0 Å². The molecule has 0 saturated heterocycles. The third-order valence-corrected chi connectivity index (χ3v) is 4.21. The molecule has 1 aromatic carbocycles. The summed E-state index contributed by atoms with van der Waals surface area (Å²) in [5.74, 6) is 1.10. The topological polar surface area (TPSA) is 38.4 Å². The van der Waals surface area contributed by atoms with Gasteiger partial charge in [0.2, 0.25) is 0 Å². The molecule has 78 valence electrons. The summed E-state index contributed by atoms with van der Waals surface area (Å²) in [5, 5.41) is 0.762. The first kappa shape index (κ1) is 9.28. The number of rotatable bonds is 0. The summed E-state index contributed by atoms with van der Waals surface area (Å²) in [4.78, 5) is 4.71. The number of hydrogen-bond donors (Lipinski definition) is 1. The summed E-state index contributed by atoms with van der Waals surface area (Å²) in [6, 6.07) is 8.66. The lowest BCUT2D eigenvalue weighted by atomic mass is 9.89. The maximum absolute atomic E-state index is 5.86. The zero-order valence-electron chi connectivity index (χ0n) is 8.57. The van der Waals surface area contributed by atoms with E-state index in [0.717, 1.165) is 30.2 Å². The van der Waals surface area contributed by atoms with Gasteiger partial charge in [-0.2, -0.15) is 0 Å². The number of nitrogens with zero attached hydrogens (tertiary/aromatic N) is 1. The number of hydrogen-bond acceptors (Lipinski definition) is 3. The van der Waals surface area contributed by atoms with E-state index in [0.29, 0.717) is 0 Å². The summed E-state index contributed by atoms with van der Waals surface area (Å²) in [5.41, 5.74) is 8.75. The highest BCUT2D eigenvalue weighted by molar-refractivity contribution is 8.13. The maximum atomic E-state index is 5.86. The van der Waals surface area contributed by atoms with Crippen LogP contribution in [0.4, 0.5) is 0 Å². The van der Waals surface area contributed by atoms with Gasteiger partial charge in [-0.1, -0.05) is 36.0 Å². The zero-order chi connectivity index (χ0) is 10.3. The fraction of sp³-hybridized carbons (Fsp3) is 0.417. The Hall–Kier alpha value is -0.960. The molecule has 1 spiro atoms. The van der Waals surface area contributed by atoms with E-state index >= 15 is 0 Å². The SMILES string of the molecule is NC1=NC2(CCS1)CCc1ccccc12. The van der Waals surface area contributed by atoms with Crippen molar-refractivity contribution in [2.24, 2.45) is 10.7 Å². The number of nitrogens with two attached hydrogens (primary N) is 1. The van der Waals surface area contributed by atoms with Gasteiger partial charge in [0.05, 0.1) is 5.54 Å². The van der Waals surface area contributed by atoms with E-state index in [4.69, 9.17) is 10.7 Å². The van der Waals surface area contributed by atoms with Crippen molar-refractivity contribution in [2.45, 2.75) is 24.8 Å². The van der Waals surface area contributed by atoms with E-state index in [9.17, 15) is 0 Å². The second-order valence-electron chi connectivity index (χ2n) is 4.24. The van der Waals surface area contributed by atoms with Gasteiger partial charge < -0.3 is 5.73 Å². The molecule has 2 nitrogen and oxygen atoms in total. The van der Waals surface area contributed by atoms with E-state index < -0.39 is 0 Å². The van der Waals surface area contributed by atoms with Crippen LogP contribution in [0.2, 0.25) is 0 Å². The van der Waals surface area contributed by atoms with Crippen LogP contribution in [0, 0.1) is 0 Å². The Morgan fingerprint density at radius 3 is 3.00 bits per heavy atom. The summed E-state index contributed by atoms with van der Waals surface area (Å²) >= 11 is 1.68. The lowest BCUT2D eigenvalue weighted by Gasteiger charge is -2.29. The third-order valence-electron chi connectivity index (χ3n) is 3.42. The largest absolute Gasteiger partial charge is 0.379 e. The van der Waals surface area contributed by atoms with Gasteiger partial charge in [-0.25, -0.2) is 0 Å². The van der Waals surface area contributed by atoms with Crippen LogP contribution in [-0.4, -0.2) is 10.9 Å². The number of fused-ring (bicyclic) bond motifs is 2. The first-order chi connectivity index (χ1) is 7.30. The molecule has 0 aromatic heterocycles. The lowest BCUT2D eigenvalue weighted by Crippen LogP contribution is -2.29. The van der Waals surface area contributed by atoms with Crippen LogP contribution in [0.5, 0.6) is 0 Å². The van der Waals surface area contributed by atoms with Gasteiger partial charge in [-0.3, -0.25) is 4.99 Å². The normalized spacial score (nSPS) is 28.9. The Balaban J connectivity index is 2.12. The molecule has 1 aliphatic carbocycles. The second kappa shape index (κ2) is 3.27. The fourth-order valence-electron chi connectivity index (χ4n) is 2.67. The lowest BCUT2D eigenvalue weighted by molar-refractivity contribution is 0.431. The molecule has 1 heterocycles. The van der Waals surface area contributed by atoms with Crippen molar-refractivity contribution in [1.82, 2.24) is 0 Å². The van der Waals surface area contributed by atoms with Crippen LogP contribution in [0.15, 0.2) is 29.3 Å². The molecule has 3 heteroatoms. The van der Waals surface area contributed by atoms with Crippen molar-refractivity contribution in [3.8, 4) is 0 Å². The van der Waals surface area contributed by atoms with E-state index in [2.05, 4.69) is 24.3 Å². The van der Waals surface area contributed by atoms with Gasteiger partial charge in [0.15, 0.2) is 5.17 Å². The summed E-state index contributed by atoms with van der Waals surface area (Å²) in [6.45, 7) is 0. The van der Waals surface area contributed by atoms with E-state index in [1.807, 2.05) is 0 Å². The number of aryl methyl sites for hydroxylation is 1. The molecule has 0 bridgehead atoms. The van der Waals surface area contributed by atoms with E-state index in [1.165, 1.54) is 11.1 Å². The molecule has 2 aliphatic rings. The van der Waals surface area contributed by atoms with Crippen LogP contribution in [0.3, 0.4) is 0 Å². The van der Waals surface area contributed by atoms with Gasteiger partial charge >= 0.3 is 0 Å². The summed E-state index contributed by atoms with van der Waals surface area (Å²) in [6.07, 6.45) is 3.42. The highest BCUT2D eigenvalue weighted by Crippen LogP contribution is 2.45. The quantitative estimate of drug-likeness (QED) is 0.725. The van der Waals surface area contributed by atoms with Gasteiger partial charge in [0.1, 0.15) is 0 Å². The van der Waals surface area contributed by atoms with Gasteiger partial charge in [0, 0.05) is 5.75 Å². The zero-order valence-corrected chi connectivity index (χ0v) is 9.39. The molecule has 0 saturated carbocycles. The van der Waals surface area contributed by atoms with Crippen LogP contribution >= 0.6 is 11.8 Å². The van der Waals surface area contributed by atoms with Crippen molar-refractivity contribution < 1.29 is 0 Å². The minimum absolute atomic E-state index is 0.0198. The molecule has 1 atom stereocenters. The number of benzene rings is 1. The molecular formula is C12H14N2S. The second-order valence-corrected chi connectivity index (χ2v) is 5.35. The summed E-state index contributed by atoms with van der Waals surface area (Å²) in [7, 11) is 0. The molecule has 2 N–H and O–H groups in total. The van der Waals surface area contributed by atoms with E-state index in [-0.39, 0.29) is 5.54 Å². The Morgan fingerprint density at radius 1 is 1.27 bits per heavy atom. The summed E-state index contributed by atoms with van der Waals surface area (Å²) < 4.78 is 0. The first-order valence-electron chi connectivity index (χ1n) is 5.37. The highest BCUT2D eigenvalue weighted by Gasteiger charge is 2.39. The predicted molar refractivity (Wildman–Crippen MR) is 65.1 cm³/mol. The third kappa shape index (κ3) is 1.37. The standard InChI is InChI=1S/C12H14N2S/c13-11-14-12(7-8-15-11)6-5-9-3-1-2-4-10(9)12/h1-4H,5-8H2,(H2,13,14). The minimum atomic E-state index is 0.0198.